The third kappa shape index (κ3) is 4.39. The number of carbonyl (C=O) groups is 2. The molecule has 2 amide bonds. The Morgan fingerprint density at radius 2 is 2.35 bits per heavy atom. The zero-order valence-corrected chi connectivity index (χ0v) is 15.7. The molecule has 122 valence electrons. The maximum Gasteiger partial charge on any atom is 1.00 e. The third-order valence-electron chi connectivity index (χ3n) is 2.64. The molecule has 2 rings (SSSR count). The molecule has 1 atom stereocenters. The van der Waals surface area contributed by atoms with Crippen LogP contribution < -0.4 is 40.6 Å². The fourth-order valence-electron chi connectivity index (χ4n) is 1.63. The minimum atomic E-state index is -4.61. The number of nitrogen functional groups attached to an aromatic ring is 1. The van der Waals surface area contributed by atoms with Gasteiger partial charge >= 0.3 is 39.9 Å². The number of nitrogens with one attached hydrogen (secondary N) is 1. The van der Waals surface area contributed by atoms with Gasteiger partial charge in [-0.1, -0.05) is 5.16 Å². The van der Waals surface area contributed by atoms with Gasteiger partial charge in [0.15, 0.2) is 10.8 Å². The fourth-order valence-corrected chi connectivity index (χ4v) is 2.87. The van der Waals surface area contributed by atoms with E-state index in [4.69, 9.17) is 10.3 Å². The molecule has 0 saturated carbocycles. The zero-order chi connectivity index (χ0) is 16.5. The van der Waals surface area contributed by atoms with Crippen molar-refractivity contribution < 1.29 is 58.4 Å². The van der Waals surface area contributed by atoms with Crippen LogP contribution in [0, 0.1) is 0 Å². The number of aromatic nitrogens is 1. The van der Waals surface area contributed by atoms with E-state index in [2.05, 4.69) is 20.3 Å². The number of hydrogen-bond acceptors (Lipinski definition) is 9. The van der Waals surface area contributed by atoms with Gasteiger partial charge in [-0.05, 0) is 0 Å². The van der Waals surface area contributed by atoms with Crippen LogP contribution in [0.2, 0.25) is 0 Å². The topological polar surface area (TPSA) is 164 Å². The van der Waals surface area contributed by atoms with Gasteiger partial charge in [-0.25, -0.2) is 9.29 Å². The number of hydrogen-bond donors (Lipinski definition) is 3. The molecule has 2 heterocycles. The molecular formula is C9H12N5NaO6S2. The largest absolute Gasteiger partial charge is 1.00 e. The average molecular weight is 373 g/mol. The standard InChI is InChI=1S/C9H11N5O6S2.Na.H/c1-20-13-6(5-3-21-9(10)12-5)7(15)11-4-2-14(8(4)16)22(17,18)19;;/h3-4H,2H2,1H3,(H2,10,12)(H,11,15)(H,17,18,19);;/q;+1;-1. The quantitative estimate of drug-likeness (QED) is 0.152. The van der Waals surface area contributed by atoms with Crippen LogP contribution in [0.5, 0.6) is 0 Å². The molecular weight excluding hydrogens is 361 g/mol. The van der Waals surface area contributed by atoms with Gasteiger partial charge in [-0.15, -0.1) is 11.3 Å². The smallest absolute Gasteiger partial charge is 1.00 e. The van der Waals surface area contributed by atoms with Crippen molar-refractivity contribution in [3.63, 3.8) is 0 Å². The molecule has 0 aromatic carbocycles. The summed E-state index contributed by atoms with van der Waals surface area (Å²) < 4.78 is 30.6. The Hall–Kier alpha value is -1.25. The number of amides is 2. The van der Waals surface area contributed by atoms with Crippen molar-refractivity contribution in [2.75, 3.05) is 19.4 Å². The number of β-lactam (4-membered cyclic amide) rings is 1. The predicted molar refractivity (Wildman–Crippen MR) is 76.4 cm³/mol. The Balaban J connectivity index is 0.00000264. The molecule has 1 fully saturated rings. The summed E-state index contributed by atoms with van der Waals surface area (Å²) in [5, 5.41) is 7.46. The van der Waals surface area contributed by atoms with Crippen LogP contribution in [0.4, 0.5) is 5.13 Å². The van der Waals surface area contributed by atoms with Crippen molar-refractivity contribution in [3.8, 4) is 0 Å². The van der Waals surface area contributed by atoms with Crippen LogP contribution in [-0.2, 0) is 24.7 Å². The summed E-state index contributed by atoms with van der Waals surface area (Å²) in [4.78, 5) is 32.0. The van der Waals surface area contributed by atoms with Gasteiger partial charge < -0.3 is 17.3 Å². The van der Waals surface area contributed by atoms with Gasteiger partial charge in [0.25, 0.3) is 11.8 Å². The van der Waals surface area contributed by atoms with E-state index in [-0.39, 0.29) is 58.4 Å². The molecule has 4 N–H and O–H groups in total. The molecule has 0 aliphatic carbocycles. The van der Waals surface area contributed by atoms with E-state index < -0.39 is 28.2 Å². The summed E-state index contributed by atoms with van der Waals surface area (Å²) in [6, 6.07) is -1.09. The van der Waals surface area contributed by atoms with Crippen LogP contribution >= 0.6 is 11.3 Å². The molecule has 1 aliphatic heterocycles. The van der Waals surface area contributed by atoms with E-state index in [9.17, 15) is 18.0 Å². The molecule has 0 bridgehead atoms. The molecule has 23 heavy (non-hydrogen) atoms. The number of nitrogens with zero attached hydrogens (tertiary/aromatic N) is 3. The number of nitrogens with two attached hydrogens (primary N) is 1. The van der Waals surface area contributed by atoms with Gasteiger partial charge in [0.1, 0.15) is 18.8 Å². The zero-order valence-electron chi connectivity index (χ0n) is 13.1. The van der Waals surface area contributed by atoms with Crippen LogP contribution in [0.15, 0.2) is 10.5 Å². The average Bonchev–Trinajstić information content (AvgIpc) is 2.84. The van der Waals surface area contributed by atoms with Crippen LogP contribution in [-0.4, -0.2) is 59.5 Å². The molecule has 0 radical (unpaired) electrons. The predicted octanol–water partition coefficient (Wildman–Crippen LogP) is -4.68. The van der Waals surface area contributed by atoms with Crippen molar-refractivity contribution in [1.82, 2.24) is 14.6 Å². The van der Waals surface area contributed by atoms with Crippen molar-refractivity contribution in [3.05, 3.63) is 11.1 Å². The van der Waals surface area contributed by atoms with E-state index in [0.29, 0.717) is 0 Å². The van der Waals surface area contributed by atoms with Crippen LogP contribution in [0.25, 0.3) is 0 Å². The summed E-state index contributed by atoms with van der Waals surface area (Å²) in [5.41, 5.74) is 5.40. The maximum atomic E-state index is 12.1. The first-order chi connectivity index (χ1) is 10.2. The Morgan fingerprint density at radius 3 is 2.78 bits per heavy atom. The van der Waals surface area contributed by atoms with Crippen molar-refractivity contribution in [2.45, 2.75) is 6.04 Å². The van der Waals surface area contributed by atoms with Crippen LogP contribution in [0.1, 0.15) is 7.12 Å². The van der Waals surface area contributed by atoms with Crippen molar-refractivity contribution in [1.29, 1.82) is 0 Å². The number of rotatable bonds is 5. The monoisotopic (exact) mass is 373 g/mol. The Bertz CT molecular complexity index is 753. The SMILES string of the molecule is CON=C(C(=O)NC1CN(S(=O)(=O)O)C1=O)c1csc(N)n1.[H-].[Na+]. The number of carbonyl (C=O) groups excluding carboxylic acids is 2. The summed E-state index contributed by atoms with van der Waals surface area (Å²) in [7, 11) is -3.39. The molecule has 1 saturated heterocycles. The van der Waals surface area contributed by atoms with Gasteiger partial charge in [0.05, 0.1) is 6.54 Å². The summed E-state index contributed by atoms with van der Waals surface area (Å²) in [6.07, 6.45) is 0. The van der Waals surface area contributed by atoms with E-state index >= 15 is 0 Å². The van der Waals surface area contributed by atoms with Gasteiger partial charge in [-0.2, -0.15) is 8.42 Å². The van der Waals surface area contributed by atoms with Crippen molar-refractivity contribution >= 4 is 44.3 Å². The van der Waals surface area contributed by atoms with E-state index in [0.717, 1.165) is 11.3 Å². The molecule has 1 aliphatic rings. The second-order valence-corrected chi connectivity index (χ2v) is 6.29. The van der Waals surface area contributed by atoms with E-state index in [1.54, 1.807) is 0 Å². The van der Waals surface area contributed by atoms with Gasteiger partial charge in [0, 0.05) is 5.38 Å². The van der Waals surface area contributed by atoms with Crippen LogP contribution in [0.3, 0.4) is 0 Å². The number of anilines is 1. The molecule has 14 heteroatoms. The van der Waals surface area contributed by atoms with Gasteiger partial charge in [-0.3, -0.25) is 14.1 Å². The summed E-state index contributed by atoms with van der Waals surface area (Å²) >= 11 is 1.08. The molecule has 1 aromatic heterocycles. The fraction of sp³-hybridized carbons (Fsp3) is 0.333. The Morgan fingerprint density at radius 1 is 1.70 bits per heavy atom. The normalized spacial score (nSPS) is 18.0. The second kappa shape index (κ2) is 7.55. The minimum Gasteiger partial charge on any atom is -1.00 e. The van der Waals surface area contributed by atoms with Gasteiger partial charge in [0.2, 0.25) is 0 Å². The number of thiazole rings is 1. The second-order valence-electron chi connectivity index (χ2n) is 4.07. The molecule has 0 spiro atoms. The van der Waals surface area contributed by atoms with Crippen molar-refractivity contribution in [2.24, 2.45) is 5.16 Å². The first kappa shape index (κ1) is 19.8. The first-order valence-corrected chi connectivity index (χ1v) is 7.94. The molecule has 1 aromatic rings. The number of oxime groups is 1. The summed E-state index contributed by atoms with van der Waals surface area (Å²) in [5.74, 6) is -1.74. The van der Waals surface area contributed by atoms with E-state index in [1.165, 1.54) is 12.5 Å². The Labute approximate surface area is 158 Å². The summed E-state index contributed by atoms with van der Waals surface area (Å²) in [6.45, 7) is -0.372. The third-order valence-corrected chi connectivity index (χ3v) is 4.20. The Kier molecular flexibility index (Phi) is 6.49. The minimum absolute atomic E-state index is 0. The van der Waals surface area contributed by atoms with E-state index in [1.807, 2.05) is 0 Å². The molecule has 1 unspecified atom stereocenters. The maximum absolute atomic E-state index is 12.1. The first-order valence-electron chi connectivity index (χ1n) is 5.66. The molecule has 11 nitrogen and oxygen atoms in total.